The number of para-hydroxylation sites is 4. The van der Waals surface area contributed by atoms with Gasteiger partial charge in [0.15, 0.2) is 8.07 Å². The fraction of sp³-hybridized carbons (Fsp3) is 0. The molecule has 0 spiro atoms. The van der Waals surface area contributed by atoms with Crippen LogP contribution in [0.3, 0.4) is 0 Å². The number of aromatic nitrogens is 2. The summed E-state index contributed by atoms with van der Waals surface area (Å²) in [5, 5.41) is 10.4. The van der Waals surface area contributed by atoms with Crippen LogP contribution in [-0.2, 0) is 0 Å². The maximum absolute atomic E-state index is 2.92. The summed E-state index contributed by atoms with van der Waals surface area (Å²) in [5.41, 5.74) is 11.8. The number of fused-ring (bicyclic) bond motifs is 6. The largest absolute Gasteiger partial charge is 0.309 e. The standard InChI is InChI=1S/C60H42N2Si/c1-4-20-43(21-5-1)44-22-18-28-51(40-44)63(49-24-6-2-7-25-49,50-26-8-3-9-27-50)52-29-19-23-45(41-52)46-38-47(61-57-34-14-10-30-53(57)54-31-11-15-35-58(54)61)42-48(39-46)62-59-36-16-12-32-55(59)56-33-13-17-37-60(56)62/h1-42H. The van der Waals surface area contributed by atoms with Crippen LogP contribution in [0, 0.1) is 0 Å². The Morgan fingerprint density at radius 2 is 0.540 bits per heavy atom. The molecule has 0 fully saturated rings. The Labute approximate surface area is 368 Å². The third-order valence-electron chi connectivity index (χ3n) is 13.0. The third-order valence-corrected chi connectivity index (χ3v) is 17.8. The van der Waals surface area contributed by atoms with Crippen molar-refractivity contribution in [3.05, 3.63) is 255 Å². The molecule has 12 rings (SSSR count). The lowest BCUT2D eigenvalue weighted by Gasteiger charge is -2.35. The van der Waals surface area contributed by atoms with Gasteiger partial charge >= 0.3 is 0 Å². The van der Waals surface area contributed by atoms with Crippen LogP contribution in [0.1, 0.15) is 0 Å². The Bertz CT molecular complexity index is 3340. The van der Waals surface area contributed by atoms with Gasteiger partial charge in [0.25, 0.3) is 0 Å². The van der Waals surface area contributed by atoms with Crippen molar-refractivity contribution in [3.8, 4) is 33.6 Å². The Morgan fingerprint density at radius 1 is 0.222 bits per heavy atom. The summed E-state index contributed by atoms with van der Waals surface area (Å²) in [5.74, 6) is 0. The molecule has 12 aromatic rings. The SMILES string of the molecule is c1ccc(-c2cccc([Si](c3ccccc3)(c3ccccc3)c3cccc(-c4cc(-n5c6ccccc6c6ccccc65)cc(-n5c6ccccc6c6ccccc65)c4)c3)c2)cc1. The van der Waals surface area contributed by atoms with E-state index in [1.807, 2.05) is 0 Å². The molecule has 0 saturated carbocycles. The molecule has 0 atom stereocenters. The normalized spacial score (nSPS) is 11.8. The summed E-state index contributed by atoms with van der Waals surface area (Å²) in [6.45, 7) is 0. The first kappa shape index (κ1) is 36.8. The van der Waals surface area contributed by atoms with Gasteiger partial charge in [-0.1, -0.05) is 212 Å². The minimum absolute atomic E-state index is 1.12. The summed E-state index contributed by atoms with van der Waals surface area (Å²) in [4.78, 5) is 0. The fourth-order valence-corrected chi connectivity index (χ4v) is 15.1. The highest BCUT2D eigenvalue weighted by Crippen LogP contribution is 2.38. The monoisotopic (exact) mass is 818 g/mol. The van der Waals surface area contributed by atoms with Gasteiger partial charge in [0, 0.05) is 32.9 Å². The molecule has 3 heteroatoms. The second-order valence-corrected chi connectivity index (χ2v) is 20.3. The first-order valence-electron chi connectivity index (χ1n) is 21.8. The van der Waals surface area contributed by atoms with E-state index in [0.29, 0.717) is 0 Å². The number of nitrogens with zero attached hydrogens (tertiary/aromatic N) is 2. The number of rotatable bonds is 8. The number of benzene rings is 10. The molecule has 10 aromatic carbocycles. The zero-order valence-electron chi connectivity index (χ0n) is 34.6. The highest BCUT2D eigenvalue weighted by molar-refractivity contribution is 7.20. The molecule has 296 valence electrons. The molecule has 2 heterocycles. The first-order valence-corrected chi connectivity index (χ1v) is 23.8. The molecule has 0 bridgehead atoms. The van der Waals surface area contributed by atoms with Gasteiger partial charge in [-0.05, 0) is 85.5 Å². The van der Waals surface area contributed by atoms with E-state index in [4.69, 9.17) is 0 Å². The van der Waals surface area contributed by atoms with Gasteiger partial charge < -0.3 is 9.13 Å². The van der Waals surface area contributed by atoms with Crippen LogP contribution < -0.4 is 20.7 Å². The van der Waals surface area contributed by atoms with Crippen LogP contribution in [-0.4, -0.2) is 17.2 Å². The third kappa shape index (κ3) is 6.00. The van der Waals surface area contributed by atoms with Crippen molar-refractivity contribution in [2.75, 3.05) is 0 Å². The number of hydrogen-bond donors (Lipinski definition) is 0. The molecular formula is C60H42N2Si. The zero-order valence-corrected chi connectivity index (χ0v) is 35.6. The molecule has 0 saturated heterocycles. The summed E-state index contributed by atoms with van der Waals surface area (Å²) >= 11 is 0. The predicted molar refractivity (Wildman–Crippen MR) is 270 cm³/mol. The van der Waals surface area contributed by atoms with Crippen LogP contribution in [0.25, 0.3) is 77.2 Å². The van der Waals surface area contributed by atoms with Gasteiger partial charge in [0.2, 0.25) is 0 Å². The van der Waals surface area contributed by atoms with E-state index < -0.39 is 8.07 Å². The van der Waals surface area contributed by atoms with Crippen molar-refractivity contribution >= 4 is 72.4 Å². The zero-order chi connectivity index (χ0) is 41.7. The molecule has 0 unspecified atom stereocenters. The van der Waals surface area contributed by atoms with Crippen molar-refractivity contribution in [2.24, 2.45) is 0 Å². The second-order valence-electron chi connectivity index (χ2n) is 16.5. The summed E-state index contributed by atoms with van der Waals surface area (Å²) in [7, 11) is -2.92. The predicted octanol–water partition coefficient (Wildman–Crippen LogP) is 12.6. The van der Waals surface area contributed by atoms with Crippen molar-refractivity contribution in [3.63, 3.8) is 0 Å². The van der Waals surface area contributed by atoms with Gasteiger partial charge in [0.05, 0.1) is 22.1 Å². The van der Waals surface area contributed by atoms with Crippen molar-refractivity contribution in [1.29, 1.82) is 0 Å². The first-order chi connectivity index (χ1) is 31.3. The van der Waals surface area contributed by atoms with Gasteiger partial charge in [-0.25, -0.2) is 0 Å². The molecular weight excluding hydrogens is 777 g/mol. The molecule has 0 radical (unpaired) electrons. The second kappa shape index (κ2) is 15.2. The van der Waals surface area contributed by atoms with E-state index in [-0.39, 0.29) is 0 Å². The average Bonchev–Trinajstić information content (AvgIpc) is 3.89. The van der Waals surface area contributed by atoms with Gasteiger partial charge in [-0.3, -0.25) is 0 Å². The lowest BCUT2D eigenvalue weighted by atomic mass is 10.0. The molecule has 2 nitrogen and oxygen atoms in total. The van der Waals surface area contributed by atoms with E-state index in [0.717, 1.165) is 16.9 Å². The molecule has 0 N–H and O–H groups in total. The maximum atomic E-state index is 2.50. The molecule has 63 heavy (non-hydrogen) atoms. The van der Waals surface area contributed by atoms with Gasteiger partial charge in [-0.2, -0.15) is 0 Å². The molecule has 2 aromatic heterocycles. The van der Waals surface area contributed by atoms with Crippen LogP contribution >= 0.6 is 0 Å². The highest BCUT2D eigenvalue weighted by Gasteiger charge is 2.41. The highest BCUT2D eigenvalue weighted by atomic mass is 28.3. The van der Waals surface area contributed by atoms with E-state index in [1.54, 1.807) is 0 Å². The van der Waals surface area contributed by atoms with Crippen LogP contribution in [0.4, 0.5) is 0 Å². The summed E-state index contributed by atoms with van der Waals surface area (Å²) in [6.07, 6.45) is 0. The Hall–Kier alpha value is -7.98. The minimum atomic E-state index is -2.92. The summed E-state index contributed by atoms with van der Waals surface area (Å²) in [6, 6.07) is 94.5. The van der Waals surface area contributed by atoms with Crippen molar-refractivity contribution < 1.29 is 0 Å². The molecule has 0 aliphatic carbocycles. The Balaban J connectivity index is 1.15. The number of hydrogen-bond acceptors (Lipinski definition) is 0. The quantitative estimate of drug-likeness (QED) is 0.107. The van der Waals surface area contributed by atoms with Crippen molar-refractivity contribution in [1.82, 2.24) is 9.13 Å². The Morgan fingerprint density at radius 3 is 0.952 bits per heavy atom. The van der Waals surface area contributed by atoms with E-state index in [1.165, 1.54) is 81.0 Å². The van der Waals surface area contributed by atoms with Crippen LogP contribution in [0.15, 0.2) is 255 Å². The lowest BCUT2D eigenvalue weighted by molar-refractivity contribution is 1.13. The fourth-order valence-electron chi connectivity index (χ4n) is 10.3. The molecule has 0 aliphatic rings. The smallest absolute Gasteiger partial charge is 0.179 e. The van der Waals surface area contributed by atoms with Crippen LogP contribution in [0.2, 0.25) is 0 Å². The molecule has 0 amide bonds. The van der Waals surface area contributed by atoms with E-state index in [2.05, 4.69) is 264 Å². The molecule has 0 aliphatic heterocycles. The summed E-state index contributed by atoms with van der Waals surface area (Å²) < 4.78 is 4.91. The minimum Gasteiger partial charge on any atom is -0.309 e. The topological polar surface area (TPSA) is 9.86 Å². The van der Waals surface area contributed by atoms with Gasteiger partial charge in [0.1, 0.15) is 0 Å². The van der Waals surface area contributed by atoms with Gasteiger partial charge in [-0.15, -0.1) is 0 Å². The van der Waals surface area contributed by atoms with Crippen LogP contribution in [0.5, 0.6) is 0 Å². The lowest BCUT2D eigenvalue weighted by Crippen LogP contribution is -2.74. The van der Waals surface area contributed by atoms with E-state index >= 15 is 0 Å². The van der Waals surface area contributed by atoms with Crippen molar-refractivity contribution in [2.45, 2.75) is 0 Å². The Kier molecular flexibility index (Phi) is 8.87. The maximum Gasteiger partial charge on any atom is 0.179 e. The average molecular weight is 819 g/mol. The van der Waals surface area contributed by atoms with E-state index in [9.17, 15) is 0 Å².